The Bertz CT molecular complexity index is 831. The fourth-order valence-electron chi connectivity index (χ4n) is 4.01. The zero-order valence-electron chi connectivity index (χ0n) is 14.4. The smallest absolute Gasteiger partial charge is 0.231 e. The standard InChI is InChI=1S/C20H21NO5/c22-15-10-19-18(25-12-26-19)9-14(15)20(21-6-2-1-3-7-21)13-4-5-16-17(8-13)24-11-23-16/h4-5,8-10,20,22H,1-3,6-7,11-12H2/t20-/m1/s1. The van der Waals surface area contributed by atoms with Gasteiger partial charge in [-0.25, -0.2) is 0 Å². The lowest BCUT2D eigenvalue weighted by Crippen LogP contribution is -2.34. The fraction of sp³-hybridized carbons (Fsp3) is 0.400. The molecule has 0 amide bonds. The molecular formula is C20H21NO5. The highest BCUT2D eigenvalue weighted by atomic mass is 16.7. The van der Waals surface area contributed by atoms with E-state index < -0.39 is 0 Å². The van der Waals surface area contributed by atoms with E-state index in [4.69, 9.17) is 18.9 Å². The van der Waals surface area contributed by atoms with Gasteiger partial charge >= 0.3 is 0 Å². The minimum atomic E-state index is -0.0701. The first kappa shape index (κ1) is 15.6. The number of fused-ring (bicyclic) bond motifs is 2. The number of hydrogen-bond donors (Lipinski definition) is 1. The van der Waals surface area contributed by atoms with Crippen molar-refractivity contribution in [2.75, 3.05) is 26.7 Å². The topological polar surface area (TPSA) is 60.4 Å². The van der Waals surface area contributed by atoms with Gasteiger partial charge in [0.2, 0.25) is 13.6 Å². The van der Waals surface area contributed by atoms with Gasteiger partial charge in [0.05, 0.1) is 6.04 Å². The summed E-state index contributed by atoms with van der Waals surface area (Å²) in [5.74, 6) is 3.02. The number of hydrogen-bond acceptors (Lipinski definition) is 6. The van der Waals surface area contributed by atoms with Crippen LogP contribution in [0.3, 0.4) is 0 Å². The Morgan fingerprint density at radius 2 is 1.42 bits per heavy atom. The molecule has 1 saturated heterocycles. The lowest BCUT2D eigenvalue weighted by Gasteiger charge is -2.35. The Morgan fingerprint density at radius 3 is 2.19 bits per heavy atom. The van der Waals surface area contributed by atoms with E-state index in [2.05, 4.69) is 11.0 Å². The van der Waals surface area contributed by atoms with Crippen molar-refractivity contribution in [1.29, 1.82) is 0 Å². The molecule has 0 aliphatic carbocycles. The van der Waals surface area contributed by atoms with Crippen LogP contribution in [-0.2, 0) is 0 Å². The molecule has 1 N–H and O–H groups in total. The van der Waals surface area contributed by atoms with Gasteiger partial charge in [0, 0.05) is 11.6 Å². The van der Waals surface area contributed by atoms with Crippen molar-refractivity contribution in [2.45, 2.75) is 25.3 Å². The number of piperidine rings is 1. The van der Waals surface area contributed by atoms with Crippen LogP contribution < -0.4 is 18.9 Å². The Kier molecular flexibility index (Phi) is 3.78. The Hall–Kier alpha value is -2.60. The number of phenols is 1. The summed E-state index contributed by atoms with van der Waals surface area (Å²) in [4.78, 5) is 2.41. The molecule has 1 fully saturated rings. The molecule has 2 aromatic carbocycles. The first-order valence-corrected chi connectivity index (χ1v) is 9.06. The Balaban J connectivity index is 1.60. The minimum Gasteiger partial charge on any atom is -0.507 e. The average molecular weight is 355 g/mol. The van der Waals surface area contributed by atoms with Crippen molar-refractivity contribution >= 4 is 0 Å². The predicted molar refractivity (Wildman–Crippen MR) is 94.1 cm³/mol. The van der Waals surface area contributed by atoms with Gasteiger partial charge in [-0.3, -0.25) is 4.90 Å². The molecule has 3 aliphatic rings. The van der Waals surface area contributed by atoms with Gasteiger partial charge in [0.15, 0.2) is 23.0 Å². The van der Waals surface area contributed by atoms with Gasteiger partial charge in [-0.1, -0.05) is 12.5 Å². The van der Waals surface area contributed by atoms with E-state index in [1.54, 1.807) is 6.07 Å². The van der Waals surface area contributed by atoms with Crippen LogP contribution >= 0.6 is 0 Å². The average Bonchev–Trinajstić information content (AvgIpc) is 3.31. The summed E-state index contributed by atoms with van der Waals surface area (Å²) in [5.41, 5.74) is 1.90. The highest BCUT2D eigenvalue weighted by Gasteiger charge is 2.30. The van der Waals surface area contributed by atoms with Crippen LogP contribution in [-0.4, -0.2) is 36.7 Å². The number of phenolic OH excluding ortho intramolecular Hbond substituents is 1. The summed E-state index contributed by atoms with van der Waals surface area (Å²) in [6.07, 6.45) is 3.57. The molecule has 0 unspecified atom stereocenters. The predicted octanol–water partition coefficient (Wildman–Crippen LogP) is 3.42. The summed E-state index contributed by atoms with van der Waals surface area (Å²) >= 11 is 0. The monoisotopic (exact) mass is 355 g/mol. The highest BCUT2D eigenvalue weighted by Crippen LogP contribution is 2.45. The van der Waals surface area contributed by atoms with Crippen LogP contribution in [0.1, 0.15) is 36.4 Å². The maximum absolute atomic E-state index is 10.7. The van der Waals surface area contributed by atoms with Crippen molar-refractivity contribution in [3.63, 3.8) is 0 Å². The Labute approximate surface area is 151 Å². The van der Waals surface area contributed by atoms with Crippen molar-refractivity contribution < 1.29 is 24.1 Å². The van der Waals surface area contributed by atoms with Gasteiger partial charge in [-0.2, -0.15) is 0 Å². The van der Waals surface area contributed by atoms with Crippen molar-refractivity contribution in [1.82, 2.24) is 4.90 Å². The molecule has 26 heavy (non-hydrogen) atoms. The van der Waals surface area contributed by atoms with E-state index in [0.717, 1.165) is 48.6 Å². The van der Waals surface area contributed by atoms with Gasteiger partial charge in [0.1, 0.15) is 5.75 Å². The quantitative estimate of drug-likeness (QED) is 0.910. The lowest BCUT2D eigenvalue weighted by atomic mass is 9.93. The van der Waals surface area contributed by atoms with Gasteiger partial charge in [-0.15, -0.1) is 0 Å². The Morgan fingerprint density at radius 1 is 0.769 bits per heavy atom. The SMILES string of the molecule is Oc1cc2c(cc1[C@@H](c1ccc3c(c1)OCO3)N1CCCCC1)OCO2. The first-order valence-electron chi connectivity index (χ1n) is 9.06. The van der Waals surface area contributed by atoms with E-state index in [1.165, 1.54) is 6.42 Å². The van der Waals surface area contributed by atoms with Crippen LogP contribution in [0.2, 0.25) is 0 Å². The van der Waals surface area contributed by atoms with Gasteiger partial charge in [0.25, 0.3) is 0 Å². The normalized spacial score (nSPS) is 19.5. The molecule has 2 aromatic rings. The molecule has 0 saturated carbocycles. The van der Waals surface area contributed by atoms with Gasteiger partial charge < -0.3 is 24.1 Å². The third-order valence-electron chi connectivity index (χ3n) is 5.28. The second-order valence-electron chi connectivity index (χ2n) is 6.88. The zero-order chi connectivity index (χ0) is 17.5. The van der Waals surface area contributed by atoms with Crippen molar-refractivity contribution in [3.05, 3.63) is 41.5 Å². The lowest BCUT2D eigenvalue weighted by molar-refractivity contribution is 0.173. The molecule has 6 heteroatoms. The summed E-state index contributed by atoms with van der Waals surface area (Å²) in [7, 11) is 0. The molecule has 5 rings (SSSR count). The van der Waals surface area contributed by atoms with Crippen LogP contribution in [0.25, 0.3) is 0 Å². The molecule has 0 aromatic heterocycles. The molecule has 3 heterocycles. The number of nitrogens with zero attached hydrogens (tertiary/aromatic N) is 1. The zero-order valence-corrected chi connectivity index (χ0v) is 14.4. The van der Waals surface area contributed by atoms with E-state index in [1.807, 2.05) is 18.2 Å². The molecule has 1 atom stereocenters. The van der Waals surface area contributed by atoms with E-state index >= 15 is 0 Å². The number of ether oxygens (including phenoxy) is 4. The molecule has 136 valence electrons. The summed E-state index contributed by atoms with van der Waals surface area (Å²) in [5, 5.41) is 10.7. The largest absolute Gasteiger partial charge is 0.507 e. The molecular weight excluding hydrogens is 334 g/mol. The molecule has 0 radical (unpaired) electrons. The molecule has 0 spiro atoms. The van der Waals surface area contributed by atoms with E-state index in [9.17, 15) is 5.11 Å². The van der Waals surface area contributed by atoms with E-state index in [0.29, 0.717) is 11.5 Å². The maximum atomic E-state index is 10.7. The fourth-order valence-corrected chi connectivity index (χ4v) is 4.01. The first-order chi connectivity index (χ1) is 12.8. The molecule has 6 nitrogen and oxygen atoms in total. The minimum absolute atomic E-state index is 0.0701. The summed E-state index contributed by atoms with van der Waals surface area (Å²) < 4.78 is 22.0. The van der Waals surface area contributed by atoms with Crippen molar-refractivity contribution in [3.8, 4) is 28.7 Å². The number of benzene rings is 2. The van der Waals surface area contributed by atoms with Crippen LogP contribution in [0.4, 0.5) is 0 Å². The number of likely N-dealkylation sites (tertiary alicyclic amines) is 1. The molecule has 3 aliphatic heterocycles. The maximum Gasteiger partial charge on any atom is 0.231 e. The summed E-state index contributed by atoms with van der Waals surface area (Å²) in [6.45, 7) is 2.43. The second kappa shape index (κ2) is 6.29. The van der Waals surface area contributed by atoms with E-state index in [-0.39, 0.29) is 25.4 Å². The number of rotatable bonds is 3. The van der Waals surface area contributed by atoms with Crippen molar-refractivity contribution in [2.24, 2.45) is 0 Å². The summed E-state index contributed by atoms with van der Waals surface area (Å²) in [6, 6.07) is 9.50. The third-order valence-corrected chi connectivity index (χ3v) is 5.28. The van der Waals surface area contributed by atoms with Crippen LogP contribution in [0.5, 0.6) is 28.7 Å². The van der Waals surface area contributed by atoms with Gasteiger partial charge in [-0.05, 0) is 49.7 Å². The number of aromatic hydroxyl groups is 1. The molecule has 0 bridgehead atoms. The van der Waals surface area contributed by atoms with Crippen LogP contribution in [0.15, 0.2) is 30.3 Å². The highest BCUT2D eigenvalue weighted by molar-refractivity contribution is 5.55. The van der Waals surface area contributed by atoms with Crippen LogP contribution in [0, 0.1) is 0 Å². The third kappa shape index (κ3) is 2.61. The second-order valence-corrected chi connectivity index (χ2v) is 6.88.